The number of aromatic nitrogens is 2. The maximum Gasteiger partial charge on any atom is 0.306 e. The van der Waals surface area contributed by atoms with Crippen molar-refractivity contribution in [2.45, 2.75) is 33.6 Å². The Morgan fingerprint density at radius 1 is 0.909 bits per heavy atom. The van der Waals surface area contributed by atoms with Gasteiger partial charge < -0.3 is 20.1 Å². The first-order chi connectivity index (χ1) is 15.8. The van der Waals surface area contributed by atoms with Gasteiger partial charge >= 0.3 is 5.97 Å². The summed E-state index contributed by atoms with van der Waals surface area (Å²) in [7, 11) is 0. The minimum atomic E-state index is -0.647. The van der Waals surface area contributed by atoms with E-state index < -0.39 is 18.5 Å². The third kappa shape index (κ3) is 7.39. The largest absolute Gasteiger partial charge is 0.457 e. The van der Waals surface area contributed by atoms with E-state index >= 15 is 0 Å². The van der Waals surface area contributed by atoms with Crippen LogP contribution in [0, 0.1) is 20.8 Å². The second-order valence-corrected chi connectivity index (χ2v) is 8.39. The molecule has 2 amide bonds. The molecule has 2 N–H and O–H groups in total. The highest BCUT2D eigenvalue weighted by Gasteiger charge is 2.12. The molecular weight excluding hydrogens is 444 g/mol. The number of nitrogens with one attached hydrogen (secondary N) is 2. The maximum absolute atomic E-state index is 12.0. The summed E-state index contributed by atoms with van der Waals surface area (Å²) in [5.74, 6) is -0.108. The molecule has 0 atom stereocenters. The normalized spacial score (nSPS) is 10.4. The van der Waals surface area contributed by atoms with Crippen LogP contribution in [0.4, 0.5) is 10.8 Å². The molecule has 9 nitrogen and oxygen atoms in total. The average Bonchev–Trinajstić information content (AvgIpc) is 3.19. The standard InChI is InChI=1S/C23H24N4O5S/c1-14-5-4-6-19(15(14)2)32-18-9-7-17(8-10-18)24-21(29)13-31-22(30)12-11-20(28)25-23-27-26-16(3)33-23/h4-10H,11-13H2,1-3H3,(H,24,29)(H,25,27,28). The quantitative estimate of drug-likeness (QED) is 0.453. The van der Waals surface area contributed by atoms with Crippen molar-refractivity contribution >= 4 is 39.9 Å². The van der Waals surface area contributed by atoms with E-state index in [1.54, 1.807) is 31.2 Å². The van der Waals surface area contributed by atoms with Gasteiger partial charge in [0.1, 0.15) is 16.5 Å². The summed E-state index contributed by atoms with van der Waals surface area (Å²) >= 11 is 1.24. The first-order valence-corrected chi connectivity index (χ1v) is 11.0. The van der Waals surface area contributed by atoms with E-state index in [9.17, 15) is 14.4 Å². The van der Waals surface area contributed by atoms with Crippen LogP contribution in [0.5, 0.6) is 11.5 Å². The fourth-order valence-electron chi connectivity index (χ4n) is 2.73. The Morgan fingerprint density at radius 2 is 1.67 bits per heavy atom. The Bertz CT molecular complexity index is 1140. The Labute approximate surface area is 195 Å². The van der Waals surface area contributed by atoms with E-state index in [1.165, 1.54) is 11.3 Å². The molecule has 2 aromatic carbocycles. The van der Waals surface area contributed by atoms with Crippen LogP contribution >= 0.6 is 11.3 Å². The topological polar surface area (TPSA) is 120 Å². The van der Waals surface area contributed by atoms with E-state index in [0.29, 0.717) is 16.6 Å². The molecule has 1 heterocycles. The SMILES string of the molecule is Cc1nnc(NC(=O)CCC(=O)OCC(=O)Nc2ccc(Oc3cccc(C)c3C)cc2)s1. The van der Waals surface area contributed by atoms with Gasteiger partial charge in [-0.3, -0.25) is 14.4 Å². The molecule has 0 aliphatic heterocycles. The Morgan fingerprint density at radius 3 is 2.36 bits per heavy atom. The lowest BCUT2D eigenvalue weighted by molar-refractivity contribution is -0.147. The second kappa shape index (κ2) is 11.2. The van der Waals surface area contributed by atoms with Crippen molar-refractivity contribution in [1.29, 1.82) is 0 Å². The summed E-state index contributed by atoms with van der Waals surface area (Å²) in [5.41, 5.74) is 2.74. The summed E-state index contributed by atoms with van der Waals surface area (Å²) in [5, 5.41) is 13.9. The van der Waals surface area contributed by atoms with Gasteiger partial charge in [0.2, 0.25) is 11.0 Å². The lowest BCUT2D eigenvalue weighted by atomic mass is 10.1. The van der Waals surface area contributed by atoms with Crippen LogP contribution in [0.2, 0.25) is 0 Å². The lowest BCUT2D eigenvalue weighted by Crippen LogP contribution is -2.21. The van der Waals surface area contributed by atoms with Crippen LogP contribution in [0.3, 0.4) is 0 Å². The van der Waals surface area contributed by atoms with Gasteiger partial charge in [-0.1, -0.05) is 23.5 Å². The molecule has 3 aromatic rings. The molecule has 0 radical (unpaired) electrons. The molecule has 3 rings (SSSR count). The summed E-state index contributed by atoms with van der Waals surface area (Å²) < 4.78 is 10.8. The molecular formula is C23H24N4O5S. The number of hydrogen-bond donors (Lipinski definition) is 2. The van der Waals surface area contributed by atoms with Crippen LogP contribution in [0.25, 0.3) is 0 Å². The number of amides is 2. The molecule has 0 saturated heterocycles. The van der Waals surface area contributed by atoms with Gasteiger partial charge in [0.15, 0.2) is 6.61 Å². The average molecular weight is 469 g/mol. The molecule has 0 fully saturated rings. The van der Waals surface area contributed by atoms with Crippen LogP contribution in [0.15, 0.2) is 42.5 Å². The first kappa shape index (κ1) is 23.9. The molecule has 0 saturated carbocycles. The molecule has 172 valence electrons. The third-order valence-corrected chi connectivity index (χ3v) is 5.37. The zero-order chi connectivity index (χ0) is 23.8. The molecule has 0 bridgehead atoms. The molecule has 10 heteroatoms. The Hall–Kier alpha value is -3.79. The molecule has 0 unspecified atom stereocenters. The maximum atomic E-state index is 12.0. The number of rotatable bonds is 9. The molecule has 0 spiro atoms. The fourth-order valence-corrected chi connectivity index (χ4v) is 3.34. The van der Waals surface area contributed by atoms with Gasteiger partial charge in [-0.2, -0.15) is 0 Å². The number of hydrogen-bond acceptors (Lipinski definition) is 8. The Balaban J connectivity index is 1.38. The zero-order valence-electron chi connectivity index (χ0n) is 18.5. The van der Waals surface area contributed by atoms with Crippen molar-refractivity contribution in [1.82, 2.24) is 10.2 Å². The number of nitrogens with zero attached hydrogens (tertiary/aromatic N) is 2. The number of anilines is 2. The Kier molecular flexibility index (Phi) is 8.09. The number of aryl methyl sites for hydroxylation is 2. The summed E-state index contributed by atoms with van der Waals surface area (Å²) in [4.78, 5) is 35.7. The second-order valence-electron chi connectivity index (χ2n) is 7.21. The van der Waals surface area contributed by atoms with E-state index in [2.05, 4.69) is 20.8 Å². The molecule has 33 heavy (non-hydrogen) atoms. The van der Waals surface area contributed by atoms with E-state index in [1.807, 2.05) is 32.0 Å². The third-order valence-electron chi connectivity index (χ3n) is 4.61. The lowest BCUT2D eigenvalue weighted by Gasteiger charge is -2.11. The molecule has 0 aliphatic rings. The van der Waals surface area contributed by atoms with Gasteiger partial charge in [0.25, 0.3) is 5.91 Å². The van der Waals surface area contributed by atoms with Crippen LogP contribution < -0.4 is 15.4 Å². The monoisotopic (exact) mass is 468 g/mol. The summed E-state index contributed by atoms with van der Waals surface area (Å²) in [6, 6.07) is 12.7. The number of ether oxygens (including phenoxy) is 2. The van der Waals surface area contributed by atoms with Gasteiger partial charge in [0, 0.05) is 12.1 Å². The fraction of sp³-hybridized carbons (Fsp3) is 0.261. The van der Waals surface area contributed by atoms with Gasteiger partial charge in [-0.15, -0.1) is 10.2 Å². The highest BCUT2D eigenvalue weighted by atomic mass is 32.1. The van der Waals surface area contributed by atoms with Crippen LogP contribution in [0.1, 0.15) is 29.0 Å². The minimum absolute atomic E-state index is 0.0824. The highest BCUT2D eigenvalue weighted by Crippen LogP contribution is 2.27. The van der Waals surface area contributed by atoms with Gasteiger partial charge in [-0.05, 0) is 62.2 Å². The zero-order valence-corrected chi connectivity index (χ0v) is 19.3. The van der Waals surface area contributed by atoms with Crippen LogP contribution in [-0.4, -0.2) is 34.6 Å². The molecule has 0 aliphatic carbocycles. The van der Waals surface area contributed by atoms with Gasteiger partial charge in [0.05, 0.1) is 6.42 Å². The van der Waals surface area contributed by atoms with Crippen LogP contribution in [-0.2, 0) is 19.1 Å². The number of carbonyl (C=O) groups is 3. The minimum Gasteiger partial charge on any atom is -0.457 e. The summed E-state index contributed by atoms with van der Waals surface area (Å²) in [6.07, 6.45) is -0.234. The summed E-state index contributed by atoms with van der Waals surface area (Å²) in [6.45, 7) is 5.33. The van der Waals surface area contributed by atoms with Crippen molar-refractivity contribution in [2.24, 2.45) is 0 Å². The predicted octanol–water partition coefficient (Wildman–Crippen LogP) is 4.16. The van der Waals surface area contributed by atoms with Gasteiger partial charge in [-0.25, -0.2) is 0 Å². The van der Waals surface area contributed by atoms with Crippen molar-refractivity contribution < 1.29 is 23.9 Å². The predicted molar refractivity (Wildman–Crippen MR) is 125 cm³/mol. The van der Waals surface area contributed by atoms with E-state index in [-0.39, 0.29) is 18.7 Å². The van der Waals surface area contributed by atoms with Crippen molar-refractivity contribution in [3.63, 3.8) is 0 Å². The number of esters is 1. The van der Waals surface area contributed by atoms with E-state index in [4.69, 9.17) is 9.47 Å². The van der Waals surface area contributed by atoms with Crippen molar-refractivity contribution in [3.8, 4) is 11.5 Å². The highest BCUT2D eigenvalue weighted by molar-refractivity contribution is 7.15. The van der Waals surface area contributed by atoms with Crippen molar-refractivity contribution in [2.75, 3.05) is 17.2 Å². The number of benzene rings is 2. The van der Waals surface area contributed by atoms with E-state index in [0.717, 1.165) is 21.9 Å². The number of carbonyl (C=O) groups excluding carboxylic acids is 3. The van der Waals surface area contributed by atoms with Crippen molar-refractivity contribution in [3.05, 3.63) is 58.6 Å². The first-order valence-electron chi connectivity index (χ1n) is 10.2. The smallest absolute Gasteiger partial charge is 0.306 e. The molecule has 1 aromatic heterocycles.